The zero-order chi connectivity index (χ0) is 13.8. The number of nitrogens with one attached hydrogen (secondary N) is 1. The molecular weight excluding hydrogens is 260 g/mol. The minimum atomic E-state index is -0.436. The Balaban J connectivity index is 2.19. The molecule has 0 radical (unpaired) electrons. The van der Waals surface area contributed by atoms with Crippen LogP contribution in [0.15, 0.2) is 48.5 Å². The summed E-state index contributed by atoms with van der Waals surface area (Å²) in [7, 11) is 0. The van der Waals surface area contributed by atoms with E-state index >= 15 is 0 Å². The zero-order valence-corrected chi connectivity index (χ0v) is 11.3. The van der Waals surface area contributed by atoms with Crippen LogP contribution in [-0.2, 0) is 0 Å². The molecule has 2 aromatic rings. The molecule has 2 aromatic carbocycles. The fourth-order valence-electron chi connectivity index (χ4n) is 1.92. The number of primary amides is 1. The van der Waals surface area contributed by atoms with E-state index in [0.717, 1.165) is 11.3 Å². The second-order valence-corrected chi connectivity index (χ2v) is 4.74. The first-order valence-electron chi connectivity index (χ1n) is 5.99. The molecule has 1 atom stereocenters. The smallest absolute Gasteiger partial charge is 0.248 e. The standard InChI is InChI=1S/C15H15ClN2O/c1-10(13-7-2-3-8-14(13)16)18-12-6-4-5-11(9-12)15(17)19/h2-10,18H,1H3,(H2,17,19). The molecule has 0 heterocycles. The molecule has 0 fully saturated rings. The van der Waals surface area contributed by atoms with Gasteiger partial charge in [0, 0.05) is 22.3 Å². The lowest BCUT2D eigenvalue weighted by atomic mass is 10.1. The van der Waals surface area contributed by atoms with Gasteiger partial charge in [-0.15, -0.1) is 0 Å². The van der Waals surface area contributed by atoms with E-state index in [1.165, 1.54) is 0 Å². The highest BCUT2D eigenvalue weighted by Gasteiger charge is 2.09. The first-order chi connectivity index (χ1) is 9.08. The largest absolute Gasteiger partial charge is 0.378 e. The molecule has 19 heavy (non-hydrogen) atoms. The first kappa shape index (κ1) is 13.4. The minimum Gasteiger partial charge on any atom is -0.378 e. The molecule has 0 saturated heterocycles. The molecule has 4 heteroatoms. The van der Waals surface area contributed by atoms with Gasteiger partial charge < -0.3 is 11.1 Å². The molecular formula is C15H15ClN2O. The van der Waals surface area contributed by atoms with Gasteiger partial charge in [0.25, 0.3) is 0 Å². The van der Waals surface area contributed by atoms with Crippen LogP contribution in [-0.4, -0.2) is 5.91 Å². The van der Waals surface area contributed by atoms with Crippen molar-refractivity contribution in [1.82, 2.24) is 0 Å². The van der Waals surface area contributed by atoms with E-state index in [9.17, 15) is 4.79 Å². The summed E-state index contributed by atoms with van der Waals surface area (Å²) in [5.41, 5.74) is 7.59. The van der Waals surface area contributed by atoms with Crippen LogP contribution in [0.2, 0.25) is 5.02 Å². The second-order valence-electron chi connectivity index (χ2n) is 4.33. The topological polar surface area (TPSA) is 55.1 Å². The monoisotopic (exact) mass is 274 g/mol. The Kier molecular flexibility index (Phi) is 4.07. The summed E-state index contributed by atoms with van der Waals surface area (Å²) in [5.74, 6) is -0.436. The third-order valence-electron chi connectivity index (χ3n) is 2.90. The zero-order valence-electron chi connectivity index (χ0n) is 10.6. The first-order valence-corrected chi connectivity index (χ1v) is 6.36. The Morgan fingerprint density at radius 1 is 1.21 bits per heavy atom. The van der Waals surface area contributed by atoms with Gasteiger partial charge in [-0.2, -0.15) is 0 Å². The molecule has 0 aromatic heterocycles. The van der Waals surface area contributed by atoms with E-state index in [2.05, 4.69) is 5.32 Å². The Labute approximate surface area is 117 Å². The van der Waals surface area contributed by atoms with Crippen molar-refractivity contribution in [3.8, 4) is 0 Å². The number of nitrogens with two attached hydrogens (primary N) is 1. The highest BCUT2D eigenvalue weighted by atomic mass is 35.5. The minimum absolute atomic E-state index is 0.0387. The number of rotatable bonds is 4. The van der Waals surface area contributed by atoms with Gasteiger partial charge in [-0.3, -0.25) is 4.79 Å². The molecule has 0 aliphatic heterocycles. The van der Waals surface area contributed by atoms with E-state index in [1.807, 2.05) is 37.3 Å². The number of carbonyl (C=O) groups excluding carboxylic acids is 1. The number of carbonyl (C=O) groups is 1. The summed E-state index contributed by atoms with van der Waals surface area (Å²) in [6.45, 7) is 2.01. The average molecular weight is 275 g/mol. The Morgan fingerprint density at radius 3 is 2.63 bits per heavy atom. The van der Waals surface area contributed by atoms with Crippen LogP contribution in [0.5, 0.6) is 0 Å². The van der Waals surface area contributed by atoms with Crippen molar-refractivity contribution >= 4 is 23.2 Å². The highest BCUT2D eigenvalue weighted by Crippen LogP contribution is 2.25. The van der Waals surface area contributed by atoms with Crippen LogP contribution < -0.4 is 11.1 Å². The number of halogens is 1. The summed E-state index contributed by atoms with van der Waals surface area (Å²) >= 11 is 6.15. The lowest BCUT2D eigenvalue weighted by Crippen LogP contribution is -2.12. The van der Waals surface area contributed by atoms with Gasteiger partial charge in [-0.25, -0.2) is 0 Å². The summed E-state index contributed by atoms with van der Waals surface area (Å²) in [6, 6.07) is 14.8. The maximum absolute atomic E-state index is 11.1. The second kappa shape index (κ2) is 5.76. The molecule has 3 N–H and O–H groups in total. The number of benzene rings is 2. The molecule has 0 spiro atoms. The van der Waals surface area contributed by atoms with Crippen LogP contribution in [0.1, 0.15) is 28.9 Å². The van der Waals surface area contributed by atoms with Crippen molar-refractivity contribution < 1.29 is 4.79 Å². The number of hydrogen-bond donors (Lipinski definition) is 2. The normalized spacial score (nSPS) is 11.9. The maximum atomic E-state index is 11.1. The SMILES string of the molecule is CC(Nc1cccc(C(N)=O)c1)c1ccccc1Cl. The summed E-state index contributed by atoms with van der Waals surface area (Å²) in [6.07, 6.45) is 0. The van der Waals surface area contributed by atoms with E-state index in [1.54, 1.807) is 18.2 Å². The van der Waals surface area contributed by atoms with Gasteiger partial charge in [0.2, 0.25) is 5.91 Å². The molecule has 0 bridgehead atoms. The van der Waals surface area contributed by atoms with Crippen molar-refractivity contribution in [3.63, 3.8) is 0 Å². The van der Waals surface area contributed by atoms with Crippen molar-refractivity contribution in [2.24, 2.45) is 5.73 Å². The van der Waals surface area contributed by atoms with Crippen LogP contribution in [0, 0.1) is 0 Å². The van der Waals surface area contributed by atoms with E-state index < -0.39 is 5.91 Å². The highest BCUT2D eigenvalue weighted by molar-refractivity contribution is 6.31. The van der Waals surface area contributed by atoms with Gasteiger partial charge in [-0.05, 0) is 36.8 Å². The Morgan fingerprint density at radius 2 is 1.95 bits per heavy atom. The third-order valence-corrected chi connectivity index (χ3v) is 3.25. The van der Waals surface area contributed by atoms with E-state index in [4.69, 9.17) is 17.3 Å². The van der Waals surface area contributed by atoms with Gasteiger partial charge in [0.1, 0.15) is 0 Å². The van der Waals surface area contributed by atoms with Gasteiger partial charge in [0.05, 0.1) is 0 Å². The fraction of sp³-hybridized carbons (Fsp3) is 0.133. The average Bonchev–Trinajstić information content (AvgIpc) is 2.39. The quantitative estimate of drug-likeness (QED) is 0.895. The van der Waals surface area contributed by atoms with Crippen LogP contribution in [0.4, 0.5) is 5.69 Å². The Hall–Kier alpha value is -2.00. The van der Waals surface area contributed by atoms with Gasteiger partial charge in [0.15, 0.2) is 0 Å². The van der Waals surface area contributed by atoms with Crippen LogP contribution in [0.3, 0.4) is 0 Å². The molecule has 1 amide bonds. The third kappa shape index (κ3) is 3.26. The molecule has 3 nitrogen and oxygen atoms in total. The number of hydrogen-bond acceptors (Lipinski definition) is 2. The number of amides is 1. The molecule has 2 rings (SSSR count). The lowest BCUT2D eigenvalue weighted by Gasteiger charge is -2.17. The molecule has 1 unspecified atom stereocenters. The van der Waals surface area contributed by atoms with Crippen LogP contribution in [0.25, 0.3) is 0 Å². The summed E-state index contributed by atoms with van der Waals surface area (Å²) in [5, 5.41) is 4.02. The van der Waals surface area contributed by atoms with Gasteiger partial charge in [-0.1, -0.05) is 35.9 Å². The van der Waals surface area contributed by atoms with Crippen molar-refractivity contribution in [2.45, 2.75) is 13.0 Å². The summed E-state index contributed by atoms with van der Waals surface area (Å²) in [4.78, 5) is 11.1. The van der Waals surface area contributed by atoms with Crippen molar-refractivity contribution in [1.29, 1.82) is 0 Å². The van der Waals surface area contributed by atoms with E-state index in [0.29, 0.717) is 10.6 Å². The molecule has 0 aliphatic carbocycles. The maximum Gasteiger partial charge on any atom is 0.248 e. The van der Waals surface area contributed by atoms with Crippen LogP contribution >= 0.6 is 11.6 Å². The van der Waals surface area contributed by atoms with E-state index in [-0.39, 0.29) is 6.04 Å². The predicted molar refractivity (Wildman–Crippen MR) is 78.4 cm³/mol. The predicted octanol–water partition coefficient (Wildman–Crippen LogP) is 3.61. The summed E-state index contributed by atoms with van der Waals surface area (Å²) < 4.78 is 0. The van der Waals surface area contributed by atoms with Crippen molar-refractivity contribution in [3.05, 3.63) is 64.7 Å². The molecule has 98 valence electrons. The van der Waals surface area contributed by atoms with Crippen molar-refractivity contribution in [2.75, 3.05) is 5.32 Å². The molecule has 0 aliphatic rings. The fourth-order valence-corrected chi connectivity index (χ4v) is 2.22. The lowest BCUT2D eigenvalue weighted by molar-refractivity contribution is 0.100. The Bertz CT molecular complexity index is 598. The molecule has 0 saturated carbocycles. The van der Waals surface area contributed by atoms with Gasteiger partial charge >= 0.3 is 0 Å². The number of anilines is 1.